The van der Waals surface area contributed by atoms with Crippen LogP contribution in [0.5, 0.6) is 0 Å². The SMILES string of the molecule is C1CNCCCNCCCNCCCNC1.C1CNCCNCCCNCCNC1.C1CNCCNCCN1.C1CNCCNCCNCCN1.NCCN.NCCNCCN.NCCNCCNCCN. The summed E-state index contributed by atoms with van der Waals surface area (Å²) in [5, 5.41) is 60.3. The number of nitrogens with two attached hydrogens (primary N) is 6. The van der Waals surface area contributed by atoms with Crippen LogP contribution in [0.4, 0.5) is 0 Å². The first-order valence-electron chi connectivity index (χ1n) is 28.7. The van der Waals surface area contributed by atoms with E-state index in [1.807, 2.05) is 0 Å². The predicted molar refractivity (Wildman–Crippen MR) is 314 cm³/mol. The van der Waals surface area contributed by atoms with Crippen LogP contribution in [-0.2, 0) is 0 Å². The second kappa shape index (κ2) is 78.9. The summed E-state index contributed by atoms with van der Waals surface area (Å²) in [4.78, 5) is 0. The van der Waals surface area contributed by atoms with E-state index in [1.165, 1.54) is 38.5 Å². The number of hydrogen-bond acceptors (Lipinski definition) is 24. The molecule has 0 spiro atoms. The first-order valence-corrected chi connectivity index (χ1v) is 28.7. The molecule has 4 aliphatic heterocycles. The molecule has 24 heteroatoms. The fourth-order valence-electron chi connectivity index (χ4n) is 6.46. The van der Waals surface area contributed by atoms with Gasteiger partial charge < -0.3 is 130 Å². The molecule has 0 bridgehead atoms. The van der Waals surface area contributed by atoms with Crippen LogP contribution in [0.15, 0.2) is 0 Å². The second-order valence-electron chi connectivity index (χ2n) is 17.4. The Morgan fingerprint density at radius 2 is 0.292 bits per heavy atom. The molecule has 4 saturated heterocycles. The van der Waals surface area contributed by atoms with E-state index in [0.29, 0.717) is 39.3 Å². The zero-order valence-electron chi connectivity index (χ0n) is 46.4. The summed E-state index contributed by atoms with van der Waals surface area (Å²) < 4.78 is 0. The predicted octanol–water partition coefficient (Wildman–Crippen LogP) is -8.34. The van der Waals surface area contributed by atoms with Gasteiger partial charge in [0.05, 0.1) is 0 Å². The Hall–Kier alpha value is -0.960. The molecule has 0 aromatic rings. The van der Waals surface area contributed by atoms with Gasteiger partial charge in [0, 0.05) is 196 Å². The largest absolute Gasteiger partial charge is 0.329 e. The molecule has 438 valence electrons. The van der Waals surface area contributed by atoms with Gasteiger partial charge in [0.2, 0.25) is 0 Å². The van der Waals surface area contributed by atoms with Crippen LogP contribution in [0.3, 0.4) is 0 Å². The lowest BCUT2D eigenvalue weighted by molar-refractivity contribution is 0.527. The smallest absolute Gasteiger partial charge is 0.00772 e. The third-order valence-corrected chi connectivity index (χ3v) is 10.5. The molecule has 4 fully saturated rings. The van der Waals surface area contributed by atoms with E-state index in [9.17, 15) is 0 Å². The highest BCUT2D eigenvalue weighted by Gasteiger charge is 1.97. The average Bonchev–Trinajstić information content (AvgIpc) is 3.56. The maximum Gasteiger partial charge on any atom is 0.00772 e. The minimum absolute atomic E-state index is 0.597. The summed E-state index contributed by atoms with van der Waals surface area (Å²) >= 11 is 0. The van der Waals surface area contributed by atoms with Crippen LogP contribution in [0, 0.1) is 0 Å². The van der Waals surface area contributed by atoms with Gasteiger partial charge in [-0.05, 0) is 117 Å². The van der Waals surface area contributed by atoms with Gasteiger partial charge in [-0.15, -0.1) is 0 Å². The molecule has 4 rings (SSSR count). The van der Waals surface area contributed by atoms with Gasteiger partial charge in [0.25, 0.3) is 0 Å². The molecule has 0 radical (unpaired) electrons. The Bertz CT molecular complexity index is 661. The van der Waals surface area contributed by atoms with Gasteiger partial charge in [-0.1, -0.05) is 0 Å². The van der Waals surface area contributed by atoms with Gasteiger partial charge in [-0.2, -0.15) is 0 Å². The van der Waals surface area contributed by atoms with Crippen molar-refractivity contribution in [2.75, 3.05) is 275 Å². The molecule has 0 unspecified atom stereocenters. The lowest BCUT2D eigenvalue weighted by atomic mass is 10.3. The fraction of sp³-hybridized carbons (Fsp3) is 1.00. The number of hydrogen-bond donors (Lipinski definition) is 24. The van der Waals surface area contributed by atoms with Gasteiger partial charge in [0.15, 0.2) is 0 Å². The maximum atomic E-state index is 5.27. The highest BCUT2D eigenvalue weighted by atomic mass is 15.0. The summed E-state index contributed by atoms with van der Waals surface area (Å²) in [5.41, 5.74) is 30.7. The van der Waals surface area contributed by atoms with E-state index >= 15 is 0 Å². The third-order valence-electron chi connectivity index (χ3n) is 10.5. The minimum Gasteiger partial charge on any atom is -0.329 e. The van der Waals surface area contributed by atoms with Crippen molar-refractivity contribution in [3.05, 3.63) is 0 Å². The molecule has 4 heterocycles. The Morgan fingerprint density at radius 3 is 0.431 bits per heavy atom. The van der Waals surface area contributed by atoms with Crippen LogP contribution in [0.1, 0.15) is 38.5 Å². The van der Waals surface area contributed by atoms with Crippen molar-refractivity contribution >= 4 is 0 Å². The van der Waals surface area contributed by atoms with Crippen LogP contribution >= 0.6 is 0 Å². The molecule has 0 aromatic carbocycles. The highest BCUT2D eigenvalue weighted by Crippen LogP contribution is 1.82. The van der Waals surface area contributed by atoms with Gasteiger partial charge in [0.1, 0.15) is 0 Å². The molecule has 0 saturated carbocycles. The maximum absolute atomic E-state index is 5.27. The van der Waals surface area contributed by atoms with Crippen molar-refractivity contribution in [2.45, 2.75) is 38.5 Å². The van der Waals surface area contributed by atoms with Gasteiger partial charge in [-0.25, -0.2) is 0 Å². The topological polar surface area (TPSA) is 373 Å². The van der Waals surface area contributed by atoms with Crippen molar-refractivity contribution in [1.29, 1.82) is 0 Å². The molecular formula is C48H126N24. The Balaban J connectivity index is -0.000000795. The first kappa shape index (κ1) is 75.3. The highest BCUT2D eigenvalue weighted by molar-refractivity contribution is 4.63. The van der Waals surface area contributed by atoms with Crippen molar-refractivity contribution in [3.63, 3.8) is 0 Å². The molecule has 30 N–H and O–H groups in total. The molecule has 0 amide bonds. The van der Waals surface area contributed by atoms with E-state index in [4.69, 9.17) is 34.4 Å². The Morgan fingerprint density at radius 1 is 0.167 bits per heavy atom. The van der Waals surface area contributed by atoms with Crippen molar-refractivity contribution < 1.29 is 0 Å². The molecule has 24 nitrogen and oxygen atoms in total. The standard InChI is InChI=1S/C12H28N4.C10H24N4.C8H20N4.C6H18N4.C6H15N3.C4H13N3.C2H8N2/c1-5-13-7-2-9-15-11-4-12-16-10-3-8-14-6-1;1-3-11-7-9-13-5-2-6-14-10-8-12-4-1;1-2-10-5-6-12-8-7-11-4-3-9-1;7-1-3-9-5-6-10-4-2-8;1-2-8-5-6-9-4-3-7-1;5-1-3-7-4-2-6;3-1-2-4/h13-16H,1-12H2;11-14H,1-10H2;9-12H,1-8H2;9-10H,1-8H2;7-9H,1-6H2;7H,1-6H2;1-4H2. The number of rotatable bonds is 12. The van der Waals surface area contributed by atoms with Crippen molar-refractivity contribution in [3.8, 4) is 0 Å². The van der Waals surface area contributed by atoms with E-state index in [2.05, 4.69) is 95.7 Å². The van der Waals surface area contributed by atoms with E-state index < -0.39 is 0 Å². The molecule has 0 aromatic heterocycles. The summed E-state index contributed by atoms with van der Waals surface area (Å²) in [6.45, 7) is 42.6. The zero-order valence-corrected chi connectivity index (χ0v) is 46.4. The summed E-state index contributed by atoms with van der Waals surface area (Å²) in [6, 6.07) is 0. The van der Waals surface area contributed by atoms with Crippen molar-refractivity contribution in [1.82, 2.24) is 95.7 Å². The molecule has 4 aliphatic rings. The fourth-order valence-corrected chi connectivity index (χ4v) is 6.46. The Labute approximate surface area is 442 Å². The van der Waals surface area contributed by atoms with Crippen LogP contribution in [0.25, 0.3) is 0 Å². The first-order chi connectivity index (χ1) is 35.7. The van der Waals surface area contributed by atoms with Crippen LogP contribution < -0.4 is 130 Å². The third kappa shape index (κ3) is 83.0. The summed E-state index contributed by atoms with van der Waals surface area (Å²) in [6.07, 6.45) is 7.39. The number of nitrogens with one attached hydrogen (secondary N) is 18. The summed E-state index contributed by atoms with van der Waals surface area (Å²) in [5.74, 6) is 0. The zero-order chi connectivity index (χ0) is 52.7. The lowest BCUT2D eigenvalue weighted by Gasteiger charge is -2.11. The quantitative estimate of drug-likeness (QED) is 0.0807. The molecule has 0 aliphatic carbocycles. The van der Waals surface area contributed by atoms with Gasteiger partial charge >= 0.3 is 0 Å². The van der Waals surface area contributed by atoms with Crippen molar-refractivity contribution in [2.24, 2.45) is 34.4 Å². The Kier molecular flexibility index (Phi) is 82.5. The monoisotopic (exact) mass is 1040 g/mol. The van der Waals surface area contributed by atoms with E-state index in [-0.39, 0.29) is 0 Å². The molecule has 0 atom stereocenters. The van der Waals surface area contributed by atoms with E-state index in [1.54, 1.807) is 0 Å². The molecule has 72 heavy (non-hydrogen) atoms. The summed E-state index contributed by atoms with van der Waals surface area (Å²) in [7, 11) is 0. The van der Waals surface area contributed by atoms with Crippen LogP contribution in [-0.4, -0.2) is 275 Å². The second-order valence-corrected chi connectivity index (χ2v) is 17.4. The van der Waals surface area contributed by atoms with Gasteiger partial charge in [-0.3, -0.25) is 0 Å². The minimum atomic E-state index is 0.597. The normalized spacial score (nSPS) is 19.8. The lowest BCUT2D eigenvalue weighted by Crippen LogP contribution is -2.39. The van der Waals surface area contributed by atoms with E-state index in [0.717, 1.165) is 236 Å². The molecular weight excluding hydrogens is 913 g/mol. The van der Waals surface area contributed by atoms with Crippen LogP contribution in [0.2, 0.25) is 0 Å². The average molecular weight is 1040 g/mol.